The van der Waals surface area contributed by atoms with E-state index in [1.165, 1.54) is 350 Å². The molecule has 0 nitrogen and oxygen atoms in total. The lowest BCUT2D eigenvalue weighted by molar-refractivity contribution is 0.563. The lowest BCUT2D eigenvalue weighted by Crippen LogP contribution is -1.92. The summed E-state index contributed by atoms with van der Waals surface area (Å²) < 4.78 is 3.33. The Labute approximate surface area is 459 Å². The molecular formula is C64H126S5. The molecule has 0 saturated carbocycles. The molecule has 0 fully saturated rings. The Bertz CT molecular complexity index is 952. The van der Waals surface area contributed by atoms with Crippen LogP contribution in [0.3, 0.4) is 0 Å². The number of rotatable bonds is 61. The average molecular weight is 1060 g/mol. The van der Waals surface area contributed by atoms with Gasteiger partial charge in [0.15, 0.2) is 0 Å². The molecule has 0 aromatic carbocycles. The summed E-state index contributed by atoms with van der Waals surface area (Å²) in [7, 11) is 0. The summed E-state index contributed by atoms with van der Waals surface area (Å²) in [6, 6.07) is 0. The highest BCUT2D eigenvalue weighted by atomic mass is 32.2. The molecule has 0 atom stereocenters. The molecule has 0 bridgehead atoms. The van der Waals surface area contributed by atoms with Crippen molar-refractivity contribution >= 4 is 58.8 Å². The van der Waals surface area contributed by atoms with Crippen LogP contribution in [0.5, 0.6) is 0 Å². The predicted molar refractivity (Wildman–Crippen MR) is 337 cm³/mol. The van der Waals surface area contributed by atoms with Crippen molar-refractivity contribution in [3.8, 4) is 0 Å². The Morgan fingerprint density at radius 3 is 0.594 bits per heavy atom. The fourth-order valence-electron chi connectivity index (χ4n) is 9.38. The quantitative estimate of drug-likeness (QED) is 0.0438. The maximum absolute atomic E-state index is 2.76. The molecule has 0 radical (unpaired) electrons. The zero-order chi connectivity index (χ0) is 49.9. The Kier molecular flexibility index (Phi) is 64.7. The van der Waals surface area contributed by atoms with Gasteiger partial charge in [0.25, 0.3) is 0 Å². The second-order valence-electron chi connectivity index (χ2n) is 21.3. The smallest absolute Gasteiger partial charge is 0.0538 e. The first-order chi connectivity index (χ1) is 34.2. The second-order valence-corrected chi connectivity index (χ2v) is 27.4. The molecule has 0 aromatic heterocycles. The minimum atomic E-state index is 1.29. The molecule has 0 heterocycles. The van der Waals surface area contributed by atoms with Crippen LogP contribution in [0.15, 0.2) is 19.5 Å². The molecule has 0 aromatic rings. The molecule has 0 spiro atoms. The van der Waals surface area contributed by atoms with E-state index in [-0.39, 0.29) is 0 Å². The second kappa shape index (κ2) is 63.5. The van der Waals surface area contributed by atoms with Crippen LogP contribution in [0.2, 0.25) is 0 Å². The lowest BCUT2D eigenvalue weighted by Gasteiger charge is -2.15. The van der Waals surface area contributed by atoms with Gasteiger partial charge in [-0.05, 0) is 66.9 Å². The molecule has 0 aliphatic rings. The van der Waals surface area contributed by atoms with E-state index in [0.717, 1.165) is 0 Å². The Morgan fingerprint density at radius 1 is 0.203 bits per heavy atom. The number of thioether (sulfide) groups is 5. The van der Waals surface area contributed by atoms with Gasteiger partial charge in [0.1, 0.15) is 0 Å². The van der Waals surface area contributed by atoms with Crippen molar-refractivity contribution in [2.45, 2.75) is 356 Å². The van der Waals surface area contributed by atoms with Gasteiger partial charge in [-0.3, -0.25) is 0 Å². The number of hydrogen-bond donors (Lipinski definition) is 0. The maximum Gasteiger partial charge on any atom is 0.0538 e. The van der Waals surface area contributed by atoms with Gasteiger partial charge in [0.2, 0.25) is 0 Å². The van der Waals surface area contributed by atoms with Gasteiger partial charge < -0.3 is 0 Å². The standard InChI is InChI=1S/C64H126S5/c1-6-11-16-21-26-31-36-41-46-51-56-65-62(64(68-59-54-49-44-39-34-29-24-19-14-9-4)69-60-55-50-45-40-35-30-25-20-15-10-5)61-63(66-57-52-47-42-37-32-27-22-17-12-7-2)67-58-53-48-43-38-33-28-23-18-13-8-3/h61H,6-60H2,1-5H3. The first kappa shape index (κ1) is 70.2. The highest BCUT2D eigenvalue weighted by Crippen LogP contribution is 2.42. The van der Waals surface area contributed by atoms with Crippen LogP contribution in [0.4, 0.5) is 0 Å². The fraction of sp³-hybridized carbons (Fsp3) is 0.938. The van der Waals surface area contributed by atoms with E-state index < -0.39 is 0 Å². The molecule has 0 unspecified atom stereocenters. The summed E-state index contributed by atoms with van der Waals surface area (Å²) in [6.07, 6.45) is 74.2. The SMILES string of the molecule is CCCCCCCCCCCCSC(=CC(SCCCCCCCCCCCC)=C(SCCCCCCCCCCCC)SCCCCCCCCCCCC)SCCCCCCCCCCCC. The summed E-state index contributed by atoms with van der Waals surface area (Å²) in [5.41, 5.74) is 0. The zero-order valence-electron chi connectivity index (χ0n) is 48.0. The van der Waals surface area contributed by atoms with Crippen LogP contribution in [0.1, 0.15) is 356 Å². The number of allylic oxidation sites excluding steroid dienone is 1. The molecule has 69 heavy (non-hydrogen) atoms. The molecule has 0 aliphatic heterocycles. The van der Waals surface area contributed by atoms with E-state index in [9.17, 15) is 0 Å². The van der Waals surface area contributed by atoms with Crippen molar-refractivity contribution in [2.24, 2.45) is 0 Å². The third kappa shape index (κ3) is 56.8. The van der Waals surface area contributed by atoms with Crippen molar-refractivity contribution in [1.29, 1.82) is 0 Å². The molecule has 5 heteroatoms. The molecular weight excluding hydrogens is 929 g/mol. The Hall–Kier alpha value is 1.23. The van der Waals surface area contributed by atoms with E-state index in [1.807, 2.05) is 0 Å². The highest BCUT2D eigenvalue weighted by Gasteiger charge is 2.12. The van der Waals surface area contributed by atoms with Crippen molar-refractivity contribution in [3.63, 3.8) is 0 Å². The van der Waals surface area contributed by atoms with Crippen LogP contribution in [0.25, 0.3) is 0 Å². The minimum absolute atomic E-state index is 1.29. The summed E-state index contributed by atoms with van der Waals surface area (Å²) >= 11 is 11.3. The Morgan fingerprint density at radius 2 is 0.377 bits per heavy atom. The summed E-state index contributed by atoms with van der Waals surface area (Å²) in [5.74, 6) is 6.51. The monoisotopic (exact) mass is 1050 g/mol. The maximum atomic E-state index is 2.76. The summed E-state index contributed by atoms with van der Waals surface area (Å²) in [5, 5.41) is 0. The average Bonchev–Trinajstić information content (AvgIpc) is 3.36. The zero-order valence-corrected chi connectivity index (χ0v) is 52.1. The summed E-state index contributed by atoms with van der Waals surface area (Å²) in [6.45, 7) is 11.7. The van der Waals surface area contributed by atoms with Crippen LogP contribution in [-0.4, -0.2) is 28.8 Å². The van der Waals surface area contributed by atoms with Gasteiger partial charge in [0.05, 0.1) is 4.24 Å². The highest BCUT2D eigenvalue weighted by molar-refractivity contribution is 8.23. The third-order valence-corrected chi connectivity index (χ3v) is 20.7. The van der Waals surface area contributed by atoms with Gasteiger partial charge >= 0.3 is 0 Å². The fourth-order valence-corrected chi connectivity index (χ4v) is 15.8. The van der Waals surface area contributed by atoms with Crippen molar-refractivity contribution < 1.29 is 0 Å². The van der Waals surface area contributed by atoms with E-state index in [2.05, 4.69) is 99.5 Å². The van der Waals surface area contributed by atoms with Gasteiger partial charge in [-0.25, -0.2) is 0 Å². The first-order valence-corrected chi connectivity index (χ1v) is 36.8. The van der Waals surface area contributed by atoms with Crippen molar-refractivity contribution in [2.75, 3.05) is 28.8 Å². The lowest BCUT2D eigenvalue weighted by atomic mass is 10.1. The molecule has 0 saturated heterocycles. The molecule has 0 amide bonds. The van der Waals surface area contributed by atoms with E-state index in [4.69, 9.17) is 0 Å². The third-order valence-electron chi connectivity index (χ3n) is 14.2. The largest absolute Gasteiger partial charge is 0.124 e. The minimum Gasteiger partial charge on any atom is -0.124 e. The van der Waals surface area contributed by atoms with E-state index >= 15 is 0 Å². The number of hydrogen-bond acceptors (Lipinski definition) is 5. The van der Waals surface area contributed by atoms with Crippen LogP contribution < -0.4 is 0 Å². The van der Waals surface area contributed by atoms with Crippen LogP contribution in [0, 0.1) is 0 Å². The van der Waals surface area contributed by atoms with Crippen LogP contribution >= 0.6 is 58.8 Å². The predicted octanol–water partition coefficient (Wildman–Crippen LogP) is 26.3. The molecule has 0 aliphatic carbocycles. The van der Waals surface area contributed by atoms with Crippen LogP contribution in [-0.2, 0) is 0 Å². The van der Waals surface area contributed by atoms with Gasteiger partial charge in [-0.2, -0.15) is 0 Å². The van der Waals surface area contributed by atoms with E-state index in [0.29, 0.717) is 0 Å². The normalized spacial score (nSPS) is 11.6. The van der Waals surface area contributed by atoms with Gasteiger partial charge in [-0.15, -0.1) is 58.8 Å². The molecule has 0 N–H and O–H groups in total. The van der Waals surface area contributed by atoms with E-state index in [1.54, 1.807) is 13.4 Å². The van der Waals surface area contributed by atoms with Gasteiger partial charge in [-0.1, -0.05) is 324 Å². The van der Waals surface area contributed by atoms with Crippen molar-refractivity contribution in [1.82, 2.24) is 0 Å². The van der Waals surface area contributed by atoms with Crippen molar-refractivity contribution in [3.05, 3.63) is 19.5 Å². The molecule has 0 rings (SSSR count). The first-order valence-electron chi connectivity index (χ1n) is 31.8. The van der Waals surface area contributed by atoms with Gasteiger partial charge in [0, 0.05) is 9.14 Å². The number of unbranched alkanes of at least 4 members (excludes halogenated alkanes) is 45. The molecule has 412 valence electrons. The topological polar surface area (TPSA) is 0 Å². The summed E-state index contributed by atoms with van der Waals surface area (Å²) in [4.78, 5) is 1.65. The Balaban J connectivity index is 5.92.